The molecule has 0 fully saturated rings. The monoisotopic (exact) mass is 946 g/mol. The summed E-state index contributed by atoms with van der Waals surface area (Å²) in [7, 11) is 0. The first kappa shape index (κ1) is 41.3. The minimum absolute atomic E-state index is 0.695. The van der Waals surface area contributed by atoms with Crippen LogP contribution in [0.5, 0.6) is 0 Å². The first-order chi connectivity index (χ1) is 36.6. The van der Waals surface area contributed by atoms with Gasteiger partial charge in [0.2, 0.25) is 0 Å². The number of fused-ring (bicyclic) bond motifs is 12. The fourth-order valence-corrected chi connectivity index (χ4v) is 9.95. The average molecular weight is 947 g/mol. The van der Waals surface area contributed by atoms with E-state index in [2.05, 4.69) is 107 Å². The second kappa shape index (κ2) is 16.6. The van der Waals surface area contributed by atoms with E-state index >= 15 is 0 Å². The fraction of sp³-hybridized carbons (Fsp3) is 0. The summed E-state index contributed by atoms with van der Waals surface area (Å²) < 4.78 is 0. The van der Waals surface area contributed by atoms with E-state index in [-0.39, 0.29) is 0 Å². The number of benzene rings is 7. The highest BCUT2D eigenvalue weighted by Gasteiger charge is 2.15. The summed E-state index contributed by atoms with van der Waals surface area (Å²) in [5, 5.41) is 4.26. The largest absolute Gasteiger partial charge is 0.254 e. The molecule has 12 heteroatoms. The van der Waals surface area contributed by atoms with Gasteiger partial charge in [-0.1, -0.05) is 109 Å². The van der Waals surface area contributed by atoms with E-state index in [1.165, 1.54) is 0 Å². The number of nitrogens with zero attached hydrogens (tertiary/aromatic N) is 12. The minimum Gasteiger partial charge on any atom is -0.254 e. The normalized spacial score (nSPS) is 11.8. The van der Waals surface area contributed by atoms with Crippen molar-refractivity contribution in [2.24, 2.45) is 0 Å². The van der Waals surface area contributed by atoms with Crippen LogP contribution in [-0.4, -0.2) is 59.8 Å². The third-order valence-corrected chi connectivity index (χ3v) is 13.8. The van der Waals surface area contributed by atoms with Gasteiger partial charge in [0.15, 0.2) is 0 Å². The molecule has 0 aliphatic carbocycles. The van der Waals surface area contributed by atoms with Gasteiger partial charge in [0.25, 0.3) is 0 Å². The summed E-state index contributed by atoms with van der Waals surface area (Å²) in [6.45, 7) is 0. The number of rotatable bonds is 6. The fourth-order valence-electron chi connectivity index (χ4n) is 9.95. The highest BCUT2D eigenvalue weighted by atomic mass is 14.9. The summed E-state index contributed by atoms with van der Waals surface area (Å²) in [5.41, 5.74) is 20.4. The third kappa shape index (κ3) is 7.00. The number of pyridine rings is 4. The van der Waals surface area contributed by atoms with Crippen molar-refractivity contribution < 1.29 is 0 Å². The Balaban J connectivity index is 0.643. The Morgan fingerprint density at radius 1 is 0.203 bits per heavy atom. The predicted octanol–water partition coefficient (Wildman–Crippen LogP) is 13.7. The summed E-state index contributed by atoms with van der Waals surface area (Å²) in [6, 6.07) is 53.3. The summed E-state index contributed by atoms with van der Waals surface area (Å²) in [4.78, 5) is 58.1. The SMILES string of the molecule is c1cnc2c(c1)ccc1cc(-c3ccc(-c4cnc5c(ccc6nc(-c7ccc(-c8cnc9c(ccc%10nc(-c%11ccc(-c%12cnc%13c(ccc%14cccnc%14%13)c%12)cc%11)cnc%109)n8)cc7)cnc65)n4)cc3)cnc12. The van der Waals surface area contributed by atoms with Crippen LogP contribution < -0.4 is 0 Å². The van der Waals surface area contributed by atoms with Gasteiger partial charge >= 0.3 is 0 Å². The smallest absolute Gasteiger partial charge is 0.117 e. The van der Waals surface area contributed by atoms with Gasteiger partial charge in [0, 0.05) is 79.7 Å². The molecule has 0 saturated carbocycles. The lowest BCUT2D eigenvalue weighted by Crippen LogP contribution is -1.95. The van der Waals surface area contributed by atoms with Crippen molar-refractivity contribution in [1.29, 1.82) is 0 Å². The van der Waals surface area contributed by atoms with Gasteiger partial charge in [-0.2, -0.15) is 0 Å². The average Bonchev–Trinajstić information content (AvgIpc) is 3.48. The zero-order valence-electron chi connectivity index (χ0n) is 39.0. The maximum absolute atomic E-state index is 5.00. The zero-order valence-corrected chi connectivity index (χ0v) is 39.0. The molecule has 342 valence electrons. The Bertz CT molecular complexity index is 4470. The lowest BCUT2D eigenvalue weighted by atomic mass is 10.0. The van der Waals surface area contributed by atoms with Crippen molar-refractivity contribution in [1.82, 2.24) is 59.8 Å². The quantitative estimate of drug-likeness (QED) is 0.146. The molecule has 12 nitrogen and oxygen atoms in total. The van der Waals surface area contributed by atoms with E-state index in [1.54, 1.807) is 24.8 Å². The molecular formula is C62H34N12. The van der Waals surface area contributed by atoms with Gasteiger partial charge in [-0.05, 0) is 59.7 Å². The van der Waals surface area contributed by atoms with Crippen LogP contribution in [0.4, 0.5) is 0 Å². The molecule has 0 bridgehead atoms. The van der Waals surface area contributed by atoms with Crippen LogP contribution in [0.15, 0.2) is 207 Å². The molecule has 74 heavy (non-hydrogen) atoms. The number of hydrogen-bond donors (Lipinski definition) is 0. The Morgan fingerprint density at radius 3 is 0.824 bits per heavy atom. The van der Waals surface area contributed by atoms with Crippen molar-refractivity contribution in [3.63, 3.8) is 0 Å². The van der Waals surface area contributed by atoms with Crippen LogP contribution in [-0.2, 0) is 0 Å². The molecule has 0 amide bonds. The van der Waals surface area contributed by atoms with E-state index < -0.39 is 0 Å². The van der Waals surface area contributed by atoms with Crippen molar-refractivity contribution in [2.45, 2.75) is 0 Å². The molecule has 7 aromatic carbocycles. The lowest BCUT2D eigenvalue weighted by molar-refractivity contribution is 1.26. The van der Waals surface area contributed by atoms with Crippen LogP contribution in [0.2, 0.25) is 0 Å². The van der Waals surface area contributed by atoms with E-state index in [4.69, 9.17) is 49.8 Å². The molecule has 0 radical (unpaired) electrons. The molecule has 8 aromatic heterocycles. The Labute approximate surface area is 420 Å². The van der Waals surface area contributed by atoms with Crippen molar-refractivity contribution in [3.05, 3.63) is 207 Å². The maximum atomic E-state index is 5.00. The second-order valence-corrected chi connectivity index (χ2v) is 18.2. The first-order valence-corrected chi connectivity index (χ1v) is 24.0. The van der Waals surface area contributed by atoms with Crippen LogP contribution in [0.25, 0.3) is 155 Å². The van der Waals surface area contributed by atoms with Gasteiger partial charge in [0.05, 0.1) is 91.7 Å². The van der Waals surface area contributed by atoms with E-state index in [1.807, 2.05) is 85.5 Å². The van der Waals surface area contributed by atoms with Gasteiger partial charge in [-0.25, -0.2) is 39.9 Å². The second-order valence-electron chi connectivity index (χ2n) is 18.2. The topological polar surface area (TPSA) is 155 Å². The van der Waals surface area contributed by atoms with E-state index in [0.29, 0.717) is 22.1 Å². The van der Waals surface area contributed by atoms with Gasteiger partial charge < -0.3 is 0 Å². The Kier molecular flexibility index (Phi) is 9.26. The van der Waals surface area contributed by atoms with Crippen LogP contribution >= 0.6 is 0 Å². The van der Waals surface area contributed by atoms with Crippen LogP contribution in [0.3, 0.4) is 0 Å². The van der Waals surface area contributed by atoms with Gasteiger partial charge in [0.1, 0.15) is 22.1 Å². The molecule has 0 aliphatic heterocycles. The molecule has 15 aromatic rings. The van der Waals surface area contributed by atoms with Crippen molar-refractivity contribution in [3.8, 4) is 67.3 Å². The summed E-state index contributed by atoms with van der Waals surface area (Å²) in [6.07, 6.45) is 14.6. The zero-order chi connectivity index (χ0) is 48.7. The molecule has 0 unspecified atom stereocenters. The summed E-state index contributed by atoms with van der Waals surface area (Å²) >= 11 is 0. The predicted molar refractivity (Wildman–Crippen MR) is 293 cm³/mol. The van der Waals surface area contributed by atoms with Gasteiger partial charge in [-0.3, -0.25) is 19.9 Å². The molecule has 0 spiro atoms. The van der Waals surface area contributed by atoms with Crippen molar-refractivity contribution >= 4 is 87.7 Å². The molecule has 8 heterocycles. The molecule has 15 rings (SSSR count). The third-order valence-electron chi connectivity index (χ3n) is 13.8. The van der Waals surface area contributed by atoms with Crippen LogP contribution in [0, 0.1) is 0 Å². The highest BCUT2D eigenvalue weighted by Crippen LogP contribution is 2.33. The number of hydrogen-bond acceptors (Lipinski definition) is 12. The Hall–Kier alpha value is -10.5. The standard InChI is InChI=1S/C62H34N12/c1-3-41-17-19-43-27-45(29-65-57(43)55(41)63-25-1)35-5-9-37(10-6-35)51-31-67-59-47(71-51)21-23-49-61(59)69-33-53(73-49)39-13-15-40(16-14-39)54-34-70-62-50(74-54)24-22-48-60(62)68-32-52(72-48)38-11-7-36(8-12-38)46-28-44-20-18-42-4-2-26-64-56(42)58(44)66-30-46/h1-34H. The minimum atomic E-state index is 0.695. The molecule has 0 saturated heterocycles. The molecule has 0 atom stereocenters. The lowest BCUT2D eigenvalue weighted by Gasteiger charge is -2.09. The highest BCUT2D eigenvalue weighted by molar-refractivity contribution is 6.05. The van der Waals surface area contributed by atoms with Gasteiger partial charge in [-0.15, -0.1) is 0 Å². The number of aromatic nitrogens is 12. The van der Waals surface area contributed by atoms with Crippen molar-refractivity contribution in [2.75, 3.05) is 0 Å². The van der Waals surface area contributed by atoms with E-state index in [9.17, 15) is 0 Å². The maximum Gasteiger partial charge on any atom is 0.117 e. The molecular weight excluding hydrogens is 913 g/mol. The summed E-state index contributed by atoms with van der Waals surface area (Å²) in [5.74, 6) is 0. The van der Waals surface area contributed by atoms with E-state index in [0.717, 1.165) is 133 Å². The molecule has 0 N–H and O–H groups in total. The van der Waals surface area contributed by atoms with Crippen LogP contribution in [0.1, 0.15) is 0 Å². The Morgan fingerprint density at radius 2 is 0.486 bits per heavy atom. The molecule has 0 aliphatic rings. The first-order valence-electron chi connectivity index (χ1n) is 24.0.